The minimum atomic E-state index is -1.88. The van der Waals surface area contributed by atoms with Gasteiger partial charge in [0.1, 0.15) is 17.9 Å². The Morgan fingerprint density at radius 3 is 2.45 bits per heavy atom. The van der Waals surface area contributed by atoms with Gasteiger partial charge >= 0.3 is 5.97 Å². The molecule has 9 rings (SSSR count). The first-order chi connectivity index (χ1) is 28.4. The van der Waals surface area contributed by atoms with Crippen LogP contribution in [-0.4, -0.2) is 112 Å². The van der Waals surface area contributed by atoms with Gasteiger partial charge in [-0.3, -0.25) is 10.1 Å². The lowest BCUT2D eigenvalue weighted by molar-refractivity contribution is -0.367. The van der Waals surface area contributed by atoms with Crippen LogP contribution in [0.1, 0.15) is 125 Å². The summed E-state index contributed by atoms with van der Waals surface area (Å²) in [6, 6.07) is 0. The summed E-state index contributed by atoms with van der Waals surface area (Å²) in [6.07, 6.45) is 12.2. The number of carbonyl (C=O) groups is 1. The molecule has 0 amide bonds. The van der Waals surface area contributed by atoms with Crippen LogP contribution in [0.15, 0.2) is 36.5 Å². The summed E-state index contributed by atoms with van der Waals surface area (Å²) in [7, 11) is 0. The van der Waals surface area contributed by atoms with Crippen LogP contribution in [-0.2, 0) is 42.7 Å². The summed E-state index contributed by atoms with van der Waals surface area (Å²) in [5.41, 5.74) is 0.390. The van der Waals surface area contributed by atoms with Gasteiger partial charge in [0.05, 0.1) is 42.7 Å². The third-order valence-corrected chi connectivity index (χ3v) is 15.9. The number of carboxylic acids is 1. The van der Waals surface area contributed by atoms with Gasteiger partial charge in [0.25, 0.3) is 0 Å². The van der Waals surface area contributed by atoms with Crippen molar-refractivity contribution in [1.29, 1.82) is 0 Å². The molecule has 0 aromatic carbocycles. The number of carboxylic acid groups (broad SMARTS) is 1. The smallest absolute Gasteiger partial charge is 0.303 e. The Morgan fingerprint density at radius 2 is 1.67 bits per heavy atom. The molecule has 0 aromatic rings. The molecule has 4 N–H and O–H groups in total. The van der Waals surface area contributed by atoms with Gasteiger partial charge in [-0.1, -0.05) is 66.3 Å². The number of aliphatic hydroxyl groups is 2. The molecule has 9 heterocycles. The third-order valence-electron chi connectivity index (χ3n) is 15.9. The van der Waals surface area contributed by atoms with Gasteiger partial charge in [0.15, 0.2) is 23.1 Å². The second-order valence-electron chi connectivity index (χ2n) is 20.9. The van der Waals surface area contributed by atoms with Crippen molar-refractivity contribution < 1.29 is 58.0 Å². The molecule has 0 saturated carbocycles. The van der Waals surface area contributed by atoms with E-state index in [4.69, 9.17) is 43.0 Å². The molecule has 0 aliphatic carbocycles. The fraction of sp³-hybridized carbons (Fsp3) is 0.851. The van der Waals surface area contributed by atoms with Crippen LogP contribution in [0.4, 0.5) is 0 Å². The lowest BCUT2D eigenvalue weighted by atomic mass is 9.76. The van der Waals surface area contributed by atoms with Gasteiger partial charge in [-0.15, -0.1) is 0 Å². The predicted octanol–water partition coefficient (Wildman–Crippen LogP) is 6.26. The summed E-state index contributed by atoms with van der Waals surface area (Å²) in [4.78, 5) is 11.0. The van der Waals surface area contributed by atoms with Gasteiger partial charge in [-0.05, 0) is 73.8 Å². The maximum atomic E-state index is 12.4. The highest BCUT2D eigenvalue weighted by molar-refractivity contribution is 5.66. The summed E-state index contributed by atoms with van der Waals surface area (Å²) in [5, 5.41) is 37.3. The van der Waals surface area contributed by atoms with Crippen LogP contribution in [0.3, 0.4) is 0 Å². The van der Waals surface area contributed by atoms with Crippen molar-refractivity contribution >= 4 is 5.97 Å². The lowest BCUT2D eigenvalue weighted by Gasteiger charge is -2.53. The Hall–Kier alpha value is -1.75. The van der Waals surface area contributed by atoms with E-state index in [2.05, 4.69) is 52.6 Å². The molecule has 1 unspecified atom stereocenters. The number of nitrogens with one attached hydrogen (secondary N) is 1. The van der Waals surface area contributed by atoms with Crippen LogP contribution in [0, 0.1) is 35.5 Å². The molecule has 8 saturated heterocycles. The Kier molecular flexibility index (Phi) is 11.6. The molecule has 2 bridgehead atoms. The monoisotopic (exact) mass is 841 g/mol. The zero-order chi connectivity index (χ0) is 42.4. The minimum Gasteiger partial charge on any atom is -0.481 e. The number of aliphatic hydroxyl groups excluding tert-OH is 1. The predicted molar refractivity (Wildman–Crippen MR) is 219 cm³/mol. The van der Waals surface area contributed by atoms with E-state index < -0.39 is 53.2 Å². The average molecular weight is 842 g/mol. The number of piperidine rings is 1. The fourth-order valence-corrected chi connectivity index (χ4v) is 12.8. The van der Waals surface area contributed by atoms with Gasteiger partial charge in [-0.25, -0.2) is 0 Å². The molecule has 0 radical (unpaired) electrons. The summed E-state index contributed by atoms with van der Waals surface area (Å²) < 4.78 is 54.1. The number of hydrogen-bond donors (Lipinski definition) is 4. The zero-order valence-electron chi connectivity index (χ0n) is 36.6. The lowest BCUT2D eigenvalue weighted by Crippen LogP contribution is -2.62. The van der Waals surface area contributed by atoms with Crippen LogP contribution < -0.4 is 5.32 Å². The van der Waals surface area contributed by atoms with Crippen molar-refractivity contribution in [1.82, 2.24) is 5.32 Å². The first-order valence-corrected chi connectivity index (χ1v) is 23.3. The molecule has 0 aromatic heterocycles. The van der Waals surface area contributed by atoms with E-state index in [0.29, 0.717) is 69.1 Å². The highest BCUT2D eigenvalue weighted by Gasteiger charge is 2.64. The average Bonchev–Trinajstić information content (AvgIpc) is 3.87. The van der Waals surface area contributed by atoms with Crippen molar-refractivity contribution in [3.8, 4) is 0 Å². The van der Waals surface area contributed by atoms with E-state index in [1.807, 2.05) is 25.2 Å². The first kappa shape index (κ1) is 43.5. The highest BCUT2D eigenvalue weighted by atomic mass is 16.8. The molecule has 9 aliphatic heterocycles. The number of fused-ring (bicyclic) bond motifs is 5. The Labute approximate surface area is 355 Å². The minimum absolute atomic E-state index is 0.0210. The van der Waals surface area contributed by atoms with Crippen molar-refractivity contribution in [2.45, 2.75) is 209 Å². The third kappa shape index (κ3) is 7.81. The molecular weight excluding hydrogens is 771 g/mol. The molecule has 336 valence electrons. The Balaban J connectivity index is 0.846. The van der Waals surface area contributed by atoms with Crippen LogP contribution in [0.5, 0.6) is 0 Å². The second kappa shape index (κ2) is 16.0. The fourth-order valence-electron chi connectivity index (χ4n) is 12.8. The van der Waals surface area contributed by atoms with E-state index in [9.17, 15) is 15.0 Å². The topological polar surface area (TPSA) is 164 Å². The molecule has 13 nitrogen and oxygen atoms in total. The van der Waals surface area contributed by atoms with Crippen molar-refractivity contribution in [2.24, 2.45) is 35.5 Å². The highest BCUT2D eigenvalue weighted by Crippen LogP contribution is 2.55. The maximum Gasteiger partial charge on any atom is 0.303 e. The van der Waals surface area contributed by atoms with Crippen molar-refractivity contribution in [2.75, 3.05) is 6.54 Å². The van der Waals surface area contributed by atoms with Gasteiger partial charge < -0.3 is 53.2 Å². The van der Waals surface area contributed by atoms with E-state index in [1.165, 1.54) is 0 Å². The second-order valence-corrected chi connectivity index (χ2v) is 20.9. The number of hydrogen-bond acceptors (Lipinski definition) is 12. The summed E-state index contributed by atoms with van der Waals surface area (Å²) in [6.45, 7) is 18.5. The van der Waals surface area contributed by atoms with Crippen molar-refractivity contribution in [3.05, 3.63) is 36.5 Å². The Bertz CT molecular complexity index is 1690. The molecule has 13 heteroatoms. The van der Waals surface area contributed by atoms with E-state index in [-0.39, 0.29) is 60.8 Å². The van der Waals surface area contributed by atoms with Gasteiger partial charge in [0, 0.05) is 63.3 Å². The zero-order valence-corrected chi connectivity index (χ0v) is 36.6. The van der Waals surface area contributed by atoms with Crippen LogP contribution >= 0.6 is 0 Å². The van der Waals surface area contributed by atoms with Crippen LogP contribution in [0.2, 0.25) is 0 Å². The maximum absolute atomic E-state index is 12.4. The SMILES string of the molecule is C=C(C[C@@]12C[C@@H](C)CC(O1)[C@H]1O[C@]3(C[C@H]1O2)NC[C@H](C)C[C@@H]3C)[C@H]1O[C@@](O)([C@H](O)[C@@H]2C[C@H]3O[C@@]4(CC[C@]5(C=CC[C@@H](/C=C/CCC(=O)O)O5)O4)[C@H](C)C[C@H]3O2)[C@H](C)C[C@@H]1C. The number of allylic oxidation sites excluding steroid dienone is 1. The van der Waals surface area contributed by atoms with Gasteiger partial charge in [0.2, 0.25) is 0 Å². The summed E-state index contributed by atoms with van der Waals surface area (Å²) >= 11 is 0. The number of aliphatic carboxylic acids is 1. The molecule has 20 atom stereocenters. The van der Waals surface area contributed by atoms with Gasteiger partial charge in [-0.2, -0.15) is 0 Å². The number of rotatable bonds is 9. The molecule has 9 aliphatic rings. The van der Waals surface area contributed by atoms with E-state index in [0.717, 1.165) is 37.8 Å². The summed E-state index contributed by atoms with van der Waals surface area (Å²) in [5.74, 6) is -4.41. The Morgan fingerprint density at radius 1 is 0.867 bits per heavy atom. The van der Waals surface area contributed by atoms with Crippen LogP contribution in [0.25, 0.3) is 0 Å². The van der Waals surface area contributed by atoms with E-state index >= 15 is 0 Å². The molecule has 60 heavy (non-hydrogen) atoms. The molecule has 8 fully saturated rings. The quantitative estimate of drug-likeness (QED) is 0.193. The first-order valence-electron chi connectivity index (χ1n) is 23.3. The normalized spacial score (nSPS) is 52.9. The number of ether oxygens (including phenoxy) is 8. The standard InChI is InChI=1S/C47H71NO12/c1-26-18-36-41-38(24-45(58-41)30(5)17-27(2)25-48-45)56-44(22-26,55-36)23-29(4)40-28(3)19-32(7)47(52,59-40)42(51)37-21-35-34(53-37)20-31(6)46(57-35)16-15-43(60-46)14-10-12-33(54-43)11-8-9-13-39(49)50/h8,10-11,14,26-28,30-38,40-42,48,51-52H,4,9,12-13,15-25H2,1-3,5-7H3,(H,49,50)/b11-8+/t26-,27+,28-,30-,31+,32+,33+,34+,35+,36?,37-,38+,40-,41+,42+,43-,44-,45-,46+,47+/m0/s1. The molecule has 3 spiro atoms. The van der Waals surface area contributed by atoms with Crippen molar-refractivity contribution in [3.63, 3.8) is 0 Å². The van der Waals surface area contributed by atoms with E-state index in [1.54, 1.807) is 0 Å². The largest absolute Gasteiger partial charge is 0.481 e. The molecular formula is C47H71NO12.